The van der Waals surface area contributed by atoms with E-state index in [2.05, 4.69) is 11.1 Å². The first-order valence-corrected chi connectivity index (χ1v) is 9.13. The number of pyridine rings is 1. The average Bonchev–Trinajstić information content (AvgIpc) is 3.29. The first-order valence-electron chi connectivity index (χ1n) is 9.13. The summed E-state index contributed by atoms with van der Waals surface area (Å²) in [6.07, 6.45) is 4.33. The van der Waals surface area contributed by atoms with E-state index in [9.17, 15) is 9.59 Å². The predicted octanol–water partition coefficient (Wildman–Crippen LogP) is 3.25. The predicted molar refractivity (Wildman–Crippen MR) is 106 cm³/mol. The summed E-state index contributed by atoms with van der Waals surface area (Å²) < 4.78 is 6.62. The van der Waals surface area contributed by atoms with Gasteiger partial charge in [0, 0.05) is 24.6 Å². The van der Waals surface area contributed by atoms with Gasteiger partial charge in [-0.2, -0.15) is 0 Å². The van der Waals surface area contributed by atoms with Crippen molar-refractivity contribution in [1.29, 1.82) is 0 Å². The molecule has 6 nitrogen and oxygen atoms in total. The van der Waals surface area contributed by atoms with E-state index in [1.807, 2.05) is 30.3 Å². The van der Waals surface area contributed by atoms with Gasteiger partial charge in [0.05, 0.1) is 5.52 Å². The zero-order valence-electron chi connectivity index (χ0n) is 15.0. The minimum absolute atomic E-state index is 0.0403. The summed E-state index contributed by atoms with van der Waals surface area (Å²) in [6.45, 7) is 0.569. The molecule has 0 aliphatic carbocycles. The molecule has 0 radical (unpaired) electrons. The Morgan fingerprint density at radius 3 is 2.71 bits per heavy atom. The Hall–Kier alpha value is -3.67. The molecule has 1 aliphatic rings. The number of amides is 1. The maximum absolute atomic E-state index is 12.9. The highest BCUT2D eigenvalue weighted by Gasteiger charge is 2.26. The quantitative estimate of drug-likeness (QED) is 0.554. The molecule has 0 bridgehead atoms. The highest BCUT2D eigenvalue weighted by atomic mass is 16.4. The second kappa shape index (κ2) is 6.49. The lowest BCUT2D eigenvalue weighted by atomic mass is 10.0. The highest BCUT2D eigenvalue weighted by Crippen LogP contribution is 2.32. The molecule has 1 aliphatic heterocycles. The number of anilines is 1. The molecular formula is C22H17N3O3. The van der Waals surface area contributed by atoms with Crippen LogP contribution < -0.4 is 10.7 Å². The molecule has 1 amide bonds. The second-order valence-corrected chi connectivity index (χ2v) is 6.80. The number of benzene rings is 2. The third kappa shape index (κ3) is 2.70. The molecule has 0 spiro atoms. The topological polar surface area (TPSA) is 68.3 Å². The average molecular weight is 371 g/mol. The largest absolute Gasteiger partial charge is 0.420 e. The van der Waals surface area contributed by atoms with E-state index in [4.69, 9.17) is 4.42 Å². The van der Waals surface area contributed by atoms with E-state index in [1.54, 1.807) is 35.5 Å². The van der Waals surface area contributed by atoms with Crippen molar-refractivity contribution >= 4 is 22.7 Å². The monoisotopic (exact) mass is 371 g/mol. The Bertz CT molecular complexity index is 1240. The van der Waals surface area contributed by atoms with Crippen LogP contribution in [-0.2, 0) is 17.8 Å². The van der Waals surface area contributed by atoms with Gasteiger partial charge in [-0.15, -0.1) is 0 Å². The number of fused-ring (bicyclic) bond motifs is 2. The van der Waals surface area contributed by atoms with Crippen LogP contribution in [-0.4, -0.2) is 22.0 Å². The van der Waals surface area contributed by atoms with Crippen LogP contribution in [0.4, 0.5) is 5.69 Å². The lowest BCUT2D eigenvalue weighted by molar-refractivity contribution is -0.119. The van der Waals surface area contributed by atoms with Crippen molar-refractivity contribution in [1.82, 2.24) is 9.55 Å². The van der Waals surface area contributed by atoms with Crippen molar-refractivity contribution in [2.75, 3.05) is 11.4 Å². The third-order valence-electron chi connectivity index (χ3n) is 5.16. The summed E-state index contributed by atoms with van der Waals surface area (Å²) in [5.41, 5.74) is 5.36. The third-order valence-corrected chi connectivity index (χ3v) is 5.16. The van der Waals surface area contributed by atoms with Crippen LogP contribution in [0.5, 0.6) is 0 Å². The van der Waals surface area contributed by atoms with Gasteiger partial charge in [0.2, 0.25) is 5.91 Å². The fourth-order valence-corrected chi connectivity index (χ4v) is 3.77. The van der Waals surface area contributed by atoms with Crippen LogP contribution in [0.2, 0.25) is 0 Å². The highest BCUT2D eigenvalue weighted by molar-refractivity contribution is 5.96. The molecule has 28 heavy (non-hydrogen) atoms. The molecular weight excluding hydrogens is 354 g/mol. The Balaban J connectivity index is 1.44. The van der Waals surface area contributed by atoms with Gasteiger partial charge in [0.25, 0.3) is 0 Å². The van der Waals surface area contributed by atoms with Crippen LogP contribution in [0, 0.1) is 0 Å². The molecule has 2 aromatic heterocycles. The van der Waals surface area contributed by atoms with Gasteiger partial charge < -0.3 is 9.32 Å². The minimum atomic E-state index is -0.512. The summed E-state index contributed by atoms with van der Waals surface area (Å²) in [5.74, 6) is -0.633. The van der Waals surface area contributed by atoms with Crippen LogP contribution >= 0.6 is 0 Å². The molecule has 138 valence electrons. The number of para-hydroxylation sites is 2. The number of carbonyl (C=O) groups excluding carboxylic acids is 1. The molecule has 5 rings (SSSR count). The normalized spacial score (nSPS) is 13.1. The Labute approximate surface area is 160 Å². The summed E-state index contributed by atoms with van der Waals surface area (Å²) in [6, 6.07) is 17.2. The first-order chi connectivity index (χ1) is 13.7. The minimum Gasteiger partial charge on any atom is -0.408 e. The molecule has 0 saturated heterocycles. The van der Waals surface area contributed by atoms with E-state index >= 15 is 0 Å². The van der Waals surface area contributed by atoms with Crippen LogP contribution in [0.25, 0.3) is 22.2 Å². The summed E-state index contributed by atoms with van der Waals surface area (Å²) in [4.78, 5) is 30.9. The van der Waals surface area contributed by atoms with Crippen molar-refractivity contribution in [2.45, 2.75) is 13.0 Å². The fraction of sp³-hybridized carbons (Fsp3) is 0.136. The number of nitrogens with zero attached hydrogens (tertiary/aromatic N) is 3. The van der Waals surface area contributed by atoms with Gasteiger partial charge in [-0.3, -0.25) is 14.3 Å². The maximum Gasteiger partial charge on any atom is 0.420 e. The Morgan fingerprint density at radius 1 is 1.04 bits per heavy atom. The number of rotatable bonds is 3. The van der Waals surface area contributed by atoms with E-state index in [-0.39, 0.29) is 12.5 Å². The van der Waals surface area contributed by atoms with E-state index in [1.165, 1.54) is 4.57 Å². The molecule has 4 aromatic rings. The van der Waals surface area contributed by atoms with Crippen molar-refractivity contribution in [3.8, 4) is 11.1 Å². The number of oxazole rings is 1. The van der Waals surface area contributed by atoms with Gasteiger partial charge in [-0.05, 0) is 59.5 Å². The van der Waals surface area contributed by atoms with E-state index < -0.39 is 5.76 Å². The van der Waals surface area contributed by atoms with Gasteiger partial charge >= 0.3 is 5.76 Å². The number of carbonyl (C=O) groups is 1. The summed E-state index contributed by atoms with van der Waals surface area (Å²) >= 11 is 0. The van der Waals surface area contributed by atoms with Crippen molar-refractivity contribution in [3.05, 3.63) is 83.1 Å². The Morgan fingerprint density at radius 2 is 1.86 bits per heavy atom. The van der Waals surface area contributed by atoms with Gasteiger partial charge in [0.15, 0.2) is 5.58 Å². The summed E-state index contributed by atoms with van der Waals surface area (Å²) in [5, 5.41) is 0. The van der Waals surface area contributed by atoms with E-state index in [0.29, 0.717) is 17.6 Å². The van der Waals surface area contributed by atoms with Crippen molar-refractivity contribution in [3.63, 3.8) is 0 Å². The van der Waals surface area contributed by atoms with Crippen molar-refractivity contribution in [2.24, 2.45) is 0 Å². The zero-order valence-corrected chi connectivity index (χ0v) is 15.0. The zero-order chi connectivity index (χ0) is 19.1. The lowest BCUT2D eigenvalue weighted by Gasteiger charge is -2.17. The SMILES string of the molecule is O=C(Cn1c(=O)oc2ccccc21)N1CCc2cc(-c3ccncc3)ccc21. The van der Waals surface area contributed by atoms with E-state index in [0.717, 1.165) is 28.8 Å². The smallest absolute Gasteiger partial charge is 0.408 e. The molecule has 0 saturated carbocycles. The number of aromatic nitrogens is 2. The van der Waals surface area contributed by atoms with Gasteiger partial charge in [-0.25, -0.2) is 4.79 Å². The first kappa shape index (κ1) is 16.5. The second-order valence-electron chi connectivity index (χ2n) is 6.80. The summed E-state index contributed by atoms with van der Waals surface area (Å²) in [7, 11) is 0. The van der Waals surface area contributed by atoms with Gasteiger partial charge in [-0.1, -0.05) is 18.2 Å². The molecule has 3 heterocycles. The molecule has 6 heteroatoms. The number of hydrogen-bond acceptors (Lipinski definition) is 4. The molecule has 2 aromatic carbocycles. The fourth-order valence-electron chi connectivity index (χ4n) is 3.77. The molecule has 0 N–H and O–H groups in total. The molecule has 0 fully saturated rings. The molecule has 0 unspecified atom stereocenters. The van der Waals surface area contributed by atoms with Crippen LogP contribution in [0.3, 0.4) is 0 Å². The lowest BCUT2D eigenvalue weighted by Crippen LogP contribution is -2.34. The number of hydrogen-bond donors (Lipinski definition) is 0. The van der Waals surface area contributed by atoms with Gasteiger partial charge in [0.1, 0.15) is 6.54 Å². The standard InChI is InChI=1S/C22H17N3O3/c26-21(14-25-19-3-1-2-4-20(19)28-22(25)27)24-12-9-17-13-16(5-6-18(17)24)15-7-10-23-11-8-15/h1-8,10-11,13H,9,12,14H2. The maximum atomic E-state index is 12.9. The van der Waals surface area contributed by atoms with Crippen LogP contribution in [0.1, 0.15) is 5.56 Å². The van der Waals surface area contributed by atoms with Crippen LogP contribution in [0.15, 0.2) is 76.2 Å². The Kier molecular flexibility index (Phi) is 3.83. The van der Waals surface area contributed by atoms with Crippen molar-refractivity contribution < 1.29 is 9.21 Å². The molecule has 0 atom stereocenters.